The fourth-order valence-corrected chi connectivity index (χ4v) is 3.20. The van der Waals surface area contributed by atoms with Crippen molar-refractivity contribution in [3.63, 3.8) is 0 Å². The fourth-order valence-electron chi connectivity index (χ4n) is 3.08. The second kappa shape index (κ2) is 10.4. The summed E-state index contributed by atoms with van der Waals surface area (Å²) in [6.45, 7) is 2.04. The topological polar surface area (TPSA) is 46.5 Å². The molecule has 0 radical (unpaired) electrons. The molecule has 0 fully saturated rings. The van der Waals surface area contributed by atoms with Gasteiger partial charge in [-0.2, -0.15) is 0 Å². The molecule has 0 saturated heterocycles. The molecule has 0 spiro atoms. The second-order valence-corrected chi connectivity index (χ2v) is 6.78. The molecular weight excluding hydrogens is 400 g/mol. The number of carboxylic acid groups (broad SMARTS) is 1. The van der Waals surface area contributed by atoms with Gasteiger partial charge >= 0.3 is 43.7 Å². The standard InChI is InChI=1S/C23H21ClO3.Ca.2H/c1-2-23(22(25)26,20-6-4-3-5-7-20)27-16-17-8-10-18(11-9-17)19-12-14-21(24)15-13-19;;;/h3-15H,2,16H2,1H3,(H,25,26);;;/q;+2;2*-1. The van der Waals surface area contributed by atoms with E-state index in [9.17, 15) is 9.90 Å². The third-order valence-corrected chi connectivity index (χ3v) is 4.95. The normalized spacial score (nSPS) is 12.6. The molecule has 142 valence electrons. The predicted molar refractivity (Wildman–Crippen MR) is 116 cm³/mol. The van der Waals surface area contributed by atoms with Crippen molar-refractivity contribution in [1.29, 1.82) is 0 Å². The Balaban J connectivity index is 0.00000280. The summed E-state index contributed by atoms with van der Waals surface area (Å²) in [7, 11) is 0. The number of carbonyl (C=O) groups is 1. The molecule has 1 N–H and O–H groups in total. The van der Waals surface area contributed by atoms with E-state index in [-0.39, 0.29) is 47.2 Å². The number of rotatable bonds is 7. The minimum atomic E-state index is -1.35. The molecule has 5 heteroatoms. The van der Waals surface area contributed by atoms with Gasteiger partial charge < -0.3 is 12.7 Å². The summed E-state index contributed by atoms with van der Waals surface area (Å²) < 4.78 is 5.96. The molecule has 0 aliphatic heterocycles. The van der Waals surface area contributed by atoms with Crippen LogP contribution in [0.3, 0.4) is 0 Å². The summed E-state index contributed by atoms with van der Waals surface area (Å²) in [5, 5.41) is 10.5. The van der Waals surface area contributed by atoms with Crippen LogP contribution in [-0.2, 0) is 21.7 Å². The molecule has 1 unspecified atom stereocenters. The van der Waals surface area contributed by atoms with Crippen LogP contribution in [0.4, 0.5) is 0 Å². The molecule has 0 heterocycles. The summed E-state index contributed by atoms with van der Waals surface area (Å²) >= 11 is 5.93. The molecule has 0 amide bonds. The van der Waals surface area contributed by atoms with Gasteiger partial charge in [-0.25, -0.2) is 4.79 Å². The molecule has 3 aromatic carbocycles. The summed E-state index contributed by atoms with van der Waals surface area (Å²) in [5.41, 5.74) is 2.36. The van der Waals surface area contributed by atoms with Crippen LogP contribution in [0.25, 0.3) is 11.1 Å². The maximum Gasteiger partial charge on any atom is 2.00 e. The van der Waals surface area contributed by atoms with E-state index in [1.54, 1.807) is 12.1 Å². The van der Waals surface area contributed by atoms with Crippen molar-refractivity contribution in [2.45, 2.75) is 25.6 Å². The van der Waals surface area contributed by atoms with Crippen LogP contribution in [0.1, 0.15) is 27.3 Å². The van der Waals surface area contributed by atoms with Gasteiger partial charge in [0.1, 0.15) is 0 Å². The Morgan fingerprint density at radius 1 is 0.964 bits per heavy atom. The Kier molecular flexibility index (Phi) is 8.54. The molecule has 3 rings (SSSR count). The minimum absolute atomic E-state index is 0. The molecular formula is C23H23CaClO3. The van der Waals surface area contributed by atoms with Gasteiger partial charge in [0.05, 0.1) is 6.61 Å². The van der Waals surface area contributed by atoms with Crippen LogP contribution in [0, 0.1) is 0 Å². The minimum Gasteiger partial charge on any atom is -1.00 e. The molecule has 3 aromatic rings. The van der Waals surface area contributed by atoms with E-state index in [0.717, 1.165) is 16.7 Å². The molecule has 0 bridgehead atoms. The van der Waals surface area contributed by atoms with Crippen molar-refractivity contribution in [3.8, 4) is 11.1 Å². The zero-order valence-electron chi connectivity index (χ0n) is 17.8. The zero-order valence-corrected chi connectivity index (χ0v) is 18.7. The van der Waals surface area contributed by atoms with Crippen LogP contribution in [-0.4, -0.2) is 48.8 Å². The van der Waals surface area contributed by atoms with Crippen molar-refractivity contribution < 1.29 is 17.5 Å². The molecule has 1 atom stereocenters. The van der Waals surface area contributed by atoms with Crippen LogP contribution in [0.15, 0.2) is 78.9 Å². The van der Waals surface area contributed by atoms with Crippen molar-refractivity contribution >= 4 is 55.3 Å². The fraction of sp³-hybridized carbons (Fsp3) is 0.174. The van der Waals surface area contributed by atoms with Gasteiger partial charge in [0.2, 0.25) is 0 Å². The monoisotopic (exact) mass is 422 g/mol. The second-order valence-electron chi connectivity index (χ2n) is 6.34. The number of carboxylic acids is 1. The van der Waals surface area contributed by atoms with E-state index in [1.807, 2.05) is 73.7 Å². The number of halogens is 1. The first kappa shape index (κ1) is 22.9. The quantitative estimate of drug-likeness (QED) is 0.492. The first-order valence-electron chi connectivity index (χ1n) is 8.83. The number of hydrogen-bond acceptors (Lipinski definition) is 2. The molecule has 28 heavy (non-hydrogen) atoms. The molecule has 0 aliphatic rings. The summed E-state index contributed by atoms with van der Waals surface area (Å²) in [4.78, 5) is 12.0. The van der Waals surface area contributed by atoms with Crippen molar-refractivity contribution in [2.24, 2.45) is 0 Å². The molecule has 0 aromatic heterocycles. The van der Waals surface area contributed by atoms with Crippen LogP contribution < -0.4 is 0 Å². The van der Waals surface area contributed by atoms with Gasteiger partial charge in [-0.1, -0.05) is 85.3 Å². The van der Waals surface area contributed by atoms with E-state index in [4.69, 9.17) is 16.3 Å². The maximum atomic E-state index is 12.0. The smallest absolute Gasteiger partial charge is 1.00 e. The van der Waals surface area contributed by atoms with Crippen LogP contribution in [0.2, 0.25) is 5.02 Å². The Bertz CT molecular complexity index is 906. The predicted octanol–water partition coefficient (Wildman–Crippen LogP) is 5.76. The largest absolute Gasteiger partial charge is 2.00 e. The van der Waals surface area contributed by atoms with Gasteiger partial charge in [0.15, 0.2) is 5.60 Å². The summed E-state index contributed by atoms with van der Waals surface area (Å²) in [6.07, 6.45) is 0.342. The van der Waals surface area contributed by atoms with E-state index >= 15 is 0 Å². The van der Waals surface area contributed by atoms with Gasteiger partial charge in [0, 0.05) is 5.02 Å². The number of ether oxygens (including phenoxy) is 1. The first-order chi connectivity index (χ1) is 13.0. The summed E-state index contributed by atoms with van der Waals surface area (Å²) in [6, 6.07) is 24.7. The Labute approximate surface area is 203 Å². The van der Waals surface area contributed by atoms with E-state index < -0.39 is 11.6 Å². The third-order valence-electron chi connectivity index (χ3n) is 4.70. The first-order valence-corrected chi connectivity index (χ1v) is 9.21. The maximum absolute atomic E-state index is 12.0. The van der Waals surface area contributed by atoms with Gasteiger partial charge in [-0.3, -0.25) is 0 Å². The average Bonchev–Trinajstić information content (AvgIpc) is 2.70. The molecule has 0 aliphatic carbocycles. The van der Waals surface area contributed by atoms with E-state index in [2.05, 4.69) is 0 Å². The van der Waals surface area contributed by atoms with Crippen LogP contribution in [0.5, 0.6) is 0 Å². The number of aliphatic carboxylic acids is 1. The Hall–Kier alpha value is -1.36. The molecule has 0 saturated carbocycles. The van der Waals surface area contributed by atoms with E-state index in [0.29, 0.717) is 17.0 Å². The van der Waals surface area contributed by atoms with Crippen LogP contribution >= 0.6 is 11.6 Å². The number of benzene rings is 3. The molecule has 3 nitrogen and oxygen atoms in total. The average molecular weight is 423 g/mol. The zero-order chi connectivity index (χ0) is 19.3. The van der Waals surface area contributed by atoms with Crippen molar-refractivity contribution in [3.05, 3.63) is 95.0 Å². The van der Waals surface area contributed by atoms with Crippen molar-refractivity contribution in [2.75, 3.05) is 0 Å². The third kappa shape index (κ3) is 5.16. The number of hydrogen-bond donors (Lipinski definition) is 1. The van der Waals surface area contributed by atoms with Gasteiger partial charge in [-0.05, 0) is 40.8 Å². The summed E-state index contributed by atoms with van der Waals surface area (Å²) in [5.74, 6) is -0.978. The Morgan fingerprint density at radius 2 is 1.50 bits per heavy atom. The van der Waals surface area contributed by atoms with Crippen molar-refractivity contribution in [1.82, 2.24) is 0 Å². The van der Waals surface area contributed by atoms with E-state index in [1.165, 1.54) is 0 Å². The van der Waals surface area contributed by atoms with Gasteiger partial charge in [-0.15, -0.1) is 0 Å². The Morgan fingerprint density at radius 3 is 2.00 bits per heavy atom. The SMILES string of the molecule is CCC(OCc1ccc(-c2ccc(Cl)cc2)cc1)(C(=O)O)c1ccccc1.[Ca+2].[H-].[H-]. The van der Waals surface area contributed by atoms with Gasteiger partial charge in [0.25, 0.3) is 0 Å².